The van der Waals surface area contributed by atoms with Crippen molar-refractivity contribution in [2.75, 3.05) is 0 Å². The van der Waals surface area contributed by atoms with Crippen molar-refractivity contribution < 1.29 is 9.90 Å². The predicted molar refractivity (Wildman–Crippen MR) is 58.2 cm³/mol. The molecule has 3 nitrogen and oxygen atoms in total. The van der Waals surface area contributed by atoms with Crippen LogP contribution in [0.3, 0.4) is 0 Å². The van der Waals surface area contributed by atoms with Gasteiger partial charge in [0, 0.05) is 24.4 Å². The molecule has 1 N–H and O–H groups in total. The maximum Gasteiger partial charge on any atom is 0.337 e. The topological polar surface area (TPSA) is 42.2 Å². The molecule has 1 fully saturated rings. The molecule has 1 aliphatic rings. The molecule has 1 aromatic heterocycles. The number of nitrogens with zero attached hydrogens (tertiary/aromatic N) is 1. The molecule has 0 unspecified atom stereocenters. The Morgan fingerprint density at radius 2 is 2.40 bits per heavy atom. The average molecular weight is 205 g/mol. The summed E-state index contributed by atoms with van der Waals surface area (Å²) in [5, 5.41) is 9.05. The highest BCUT2D eigenvalue weighted by molar-refractivity contribution is 5.89. The van der Waals surface area contributed by atoms with Crippen LogP contribution in [0.25, 0.3) is 0 Å². The Labute approximate surface area is 89.0 Å². The largest absolute Gasteiger partial charge is 0.478 e. The molecule has 2 rings (SSSR count). The molecule has 3 heteroatoms. The number of aromatic nitrogens is 1. The van der Waals surface area contributed by atoms with Crippen molar-refractivity contribution in [3.8, 4) is 0 Å². The molecule has 1 aliphatic carbocycles. The highest BCUT2D eigenvalue weighted by atomic mass is 16.4. The third-order valence-corrected chi connectivity index (χ3v) is 2.78. The molecule has 80 valence electrons. The van der Waals surface area contributed by atoms with Crippen LogP contribution in [0.2, 0.25) is 0 Å². The molecule has 1 saturated carbocycles. The Morgan fingerprint density at radius 1 is 1.67 bits per heavy atom. The lowest BCUT2D eigenvalue weighted by Gasteiger charge is -2.07. The van der Waals surface area contributed by atoms with Crippen molar-refractivity contribution >= 4 is 5.97 Å². The number of aryl methyl sites for hydroxylation is 1. The maximum absolute atomic E-state index is 11.0. The normalized spacial score (nSPS) is 15.2. The summed E-state index contributed by atoms with van der Waals surface area (Å²) in [6, 6.07) is 1.71. The van der Waals surface area contributed by atoms with E-state index in [1.54, 1.807) is 6.07 Å². The van der Waals surface area contributed by atoms with Crippen LogP contribution >= 0.6 is 0 Å². The van der Waals surface area contributed by atoms with Gasteiger partial charge >= 0.3 is 5.97 Å². The van der Waals surface area contributed by atoms with E-state index >= 15 is 0 Å². The second-order valence-electron chi connectivity index (χ2n) is 3.96. The van der Waals surface area contributed by atoms with Gasteiger partial charge in [-0.3, -0.25) is 0 Å². The highest BCUT2D eigenvalue weighted by Crippen LogP contribution is 2.42. The second-order valence-corrected chi connectivity index (χ2v) is 3.96. The third kappa shape index (κ3) is 1.96. The molecule has 0 aromatic carbocycles. The molecular weight excluding hydrogens is 190 g/mol. The fourth-order valence-corrected chi connectivity index (χ4v) is 1.90. The Morgan fingerprint density at radius 3 is 2.93 bits per heavy atom. The molecule has 0 amide bonds. The van der Waals surface area contributed by atoms with E-state index in [0.29, 0.717) is 11.5 Å². The van der Waals surface area contributed by atoms with Crippen LogP contribution in [0.15, 0.2) is 24.9 Å². The Hall–Kier alpha value is -1.51. The predicted octanol–water partition coefficient (Wildman–Crippen LogP) is 2.64. The summed E-state index contributed by atoms with van der Waals surface area (Å²) in [4.78, 5) is 11.0. The van der Waals surface area contributed by atoms with Crippen molar-refractivity contribution in [1.82, 2.24) is 4.57 Å². The van der Waals surface area contributed by atoms with Gasteiger partial charge < -0.3 is 9.67 Å². The SMILES string of the molecule is C=CCCn1ccc(C(=O)O)c1C1CC1. The molecule has 0 atom stereocenters. The monoisotopic (exact) mass is 205 g/mol. The molecule has 0 saturated heterocycles. The van der Waals surface area contributed by atoms with Gasteiger partial charge in [-0.25, -0.2) is 4.79 Å². The minimum Gasteiger partial charge on any atom is -0.478 e. The van der Waals surface area contributed by atoms with Crippen molar-refractivity contribution in [1.29, 1.82) is 0 Å². The Balaban J connectivity index is 2.29. The summed E-state index contributed by atoms with van der Waals surface area (Å²) in [7, 11) is 0. The van der Waals surface area contributed by atoms with E-state index in [9.17, 15) is 4.79 Å². The van der Waals surface area contributed by atoms with Gasteiger partial charge in [0.25, 0.3) is 0 Å². The fourth-order valence-electron chi connectivity index (χ4n) is 1.90. The van der Waals surface area contributed by atoms with Gasteiger partial charge in [-0.2, -0.15) is 0 Å². The zero-order valence-electron chi connectivity index (χ0n) is 8.65. The van der Waals surface area contributed by atoms with Crippen LogP contribution in [0.4, 0.5) is 0 Å². The van der Waals surface area contributed by atoms with Crippen molar-refractivity contribution in [3.05, 3.63) is 36.2 Å². The summed E-state index contributed by atoms with van der Waals surface area (Å²) in [6.07, 6.45) is 6.86. The number of hydrogen-bond donors (Lipinski definition) is 1. The lowest BCUT2D eigenvalue weighted by Crippen LogP contribution is -2.05. The van der Waals surface area contributed by atoms with E-state index in [1.807, 2.05) is 12.3 Å². The van der Waals surface area contributed by atoms with E-state index in [-0.39, 0.29) is 0 Å². The van der Waals surface area contributed by atoms with Gasteiger partial charge in [0.2, 0.25) is 0 Å². The summed E-state index contributed by atoms with van der Waals surface area (Å²) in [5.74, 6) is -0.342. The molecule has 0 aliphatic heterocycles. The minimum absolute atomic E-state index is 0.468. The zero-order valence-corrected chi connectivity index (χ0v) is 8.65. The quantitative estimate of drug-likeness (QED) is 0.751. The van der Waals surface area contributed by atoms with Gasteiger partial charge in [-0.15, -0.1) is 6.58 Å². The summed E-state index contributed by atoms with van der Waals surface area (Å²) in [6.45, 7) is 4.51. The molecule has 1 aromatic rings. The van der Waals surface area contributed by atoms with Crippen LogP contribution in [-0.2, 0) is 6.54 Å². The van der Waals surface area contributed by atoms with Crippen molar-refractivity contribution in [2.24, 2.45) is 0 Å². The molecule has 0 spiro atoms. The third-order valence-electron chi connectivity index (χ3n) is 2.78. The van der Waals surface area contributed by atoms with E-state index in [4.69, 9.17) is 5.11 Å². The zero-order chi connectivity index (χ0) is 10.8. The number of hydrogen-bond acceptors (Lipinski definition) is 1. The van der Waals surface area contributed by atoms with E-state index in [1.165, 1.54) is 0 Å². The molecule has 15 heavy (non-hydrogen) atoms. The van der Waals surface area contributed by atoms with E-state index in [0.717, 1.165) is 31.5 Å². The average Bonchev–Trinajstić information content (AvgIpc) is 2.95. The van der Waals surface area contributed by atoms with Crippen LogP contribution in [-0.4, -0.2) is 15.6 Å². The molecular formula is C12H15NO2. The summed E-state index contributed by atoms with van der Waals surface area (Å²) >= 11 is 0. The van der Waals surface area contributed by atoms with Crippen LogP contribution in [0.1, 0.15) is 41.2 Å². The standard InChI is InChI=1S/C12H15NO2/c1-2-3-7-13-8-6-10(12(14)15)11(13)9-4-5-9/h2,6,8-9H,1,3-5,7H2,(H,14,15). The van der Waals surface area contributed by atoms with Crippen LogP contribution in [0, 0.1) is 0 Å². The number of aromatic carboxylic acids is 1. The van der Waals surface area contributed by atoms with E-state index < -0.39 is 5.97 Å². The first kappa shape index (κ1) is 10.0. The fraction of sp³-hybridized carbons (Fsp3) is 0.417. The first-order valence-corrected chi connectivity index (χ1v) is 5.27. The number of allylic oxidation sites excluding steroid dienone is 1. The number of carbonyl (C=O) groups is 1. The van der Waals surface area contributed by atoms with Gasteiger partial charge in [0.15, 0.2) is 0 Å². The van der Waals surface area contributed by atoms with Crippen molar-refractivity contribution in [2.45, 2.75) is 31.7 Å². The Kier molecular flexibility index (Phi) is 2.62. The minimum atomic E-state index is -0.811. The first-order valence-electron chi connectivity index (χ1n) is 5.27. The van der Waals surface area contributed by atoms with Gasteiger partial charge in [0.1, 0.15) is 0 Å². The lowest BCUT2D eigenvalue weighted by molar-refractivity contribution is 0.0695. The van der Waals surface area contributed by atoms with Gasteiger partial charge in [-0.05, 0) is 25.3 Å². The Bertz CT molecular complexity index is 388. The van der Waals surface area contributed by atoms with Crippen LogP contribution < -0.4 is 0 Å². The number of carboxylic acid groups (broad SMARTS) is 1. The lowest BCUT2D eigenvalue weighted by atomic mass is 10.2. The first-order chi connectivity index (χ1) is 7.24. The highest BCUT2D eigenvalue weighted by Gasteiger charge is 2.31. The van der Waals surface area contributed by atoms with Crippen molar-refractivity contribution in [3.63, 3.8) is 0 Å². The number of carboxylic acids is 1. The summed E-state index contributed by atoms with van der Waals surface area (Å²) < 4.78 is 2.06. The molecule has 1 heterocycles. The van der Waals surface area contributed by atoms with E-state index in [2.05, 4.69) is 11.1 Å². The maximum atomic E-state index is 11.0. The molecule has 0 bridgehead atoms. The second kappa shape index (κ2) is 3.93. The summed E-state index contributed by atoms with van der Waals surface area (Å²) in [5.41, 5.74) is 1.48. The smallest absolute Gasteiger partial charge is 0.337 e. The van der Waals surface area contributed by atoms with Gasteiger partial charge in [0.05, 0.1) is 5.56 Å². The van der Waals surface area contributed by atoms with Gasteiger partial charge in [-0.1, -0.05) is 6.08 Å². The molecule has 0 radical (unpaired) electrons. The number of rotatable bonds is 5. The van der Waals surface area contributed by atoms with Crippen LogP contribution in [0.5, 0.6) is 0 Å².